The molecule has 9 nitrogen and oxygen atoms in total. The number of amidine groups is 1. The molecule has 3 aromatic carbocycles. The van der Waals surface area contributed by atoms with E-state index < -0.39 is 10.0 Å². The third-order valence-electron chi connectivity index (χ3n) is 5.71. The molecule has 0 heterocycles. The van der Waals surface area contributed by atoms with Crippen molar-refractivity contribution >= 4 is 27.6 Å². The molecule has 3 rings (SSSR count). The number of sulfonamides is 1. The summed E-state index contributed by atoms with van der Waals surface area (Å²) in [5.41, 5.74) is 8.79. The van der Waals surface area contributed by atoms with Crippen LogP contribution in [-0.2, 0) is 16.6 Å². The highest BCUT2D eigenvalue weighted by molar-refractivity contribution is 7.89. The maximum Gasteiger partial charge on any atom is 0.322 e. The lowest BCUT2D eigenvalue weighted by Gasteiger charge is -2.29. The molecule has 3 aromatic rings. The van der Waals surface area contributed by atoms with Crippen molar-refractivity contribution in [1.82, 2.24) is 4.90 Å². The summed E-state index contributed by atoms with van der Waals surface area (Å²) >= 11 is 0. The average Bonchev–Trinajstić information content (AvgIpc) is 2.86. The van der Waals surface area contributed by atoms with E-state index >= 15 is 0 Å². The summed E-state index contributed by atoms with van der Waals surface area (Å²) in [5, 5.41) is 20.2. The van der Waals surface area contributed by atoms with E-state index in [1.807, 2.05) is 19.9 Å². The first-order valence-corrected chi connectivity index (χ1v) is 12.6. The second-order valence-electron chi connectivity index (χ2n) is 8.12. The number of benzene rings is 3. The molecule has 0 aromatic heterocycles. The fraction of sp³-hybridized carbons (Fsp3) is 0.200. The van der Waals surface area contributed by atoms with Gasteiger partial charge in [0.05, 0.1) is 4.90 Å². The van der Waals surface area contributed by atoms with Crippen molar-refractivity contribution in [3.63, 3.8) is 0 Å². The maximum absolute atomic E-state index is 13.2. The van der Waals surface area contributed by atoms with Crippen LogP contribution >= 0.6 is 0 Å². The summed E-state index contributed by atoms with van der Waals surface area (Å²) < 4.78 is 23.8. The Kier molecular flexibility index (Phi) is 8.10. The smallest absolute Gasteiger partial charge is 0.322 e. The van der Waals surface area contributed by atoms with Crippen LogP contribution in [0.3, 0.4) is 0 Å². The van der Waals surface area contributed by atoms with Crippen molar-refractivity contribution in [1.29, 1.82) is 0 Å². The Balaban J connectivity index is 1.81. The number of carbonyl (C=O) groups is 1. The van der Waals surface area contributed by atoms with Crippen LogP contribution in [0.1, 0.15) is 31.4 Å². The van der Waals surface area contributed by atoms with Gasteiger partial charge in [0.2, 0.25) is 10.0 Å². The summed E-state index contributed by atoms with van der Waals surface area (Å²) in [6.07, 6.45) is 0.747. The van der Waals surface area contributed by atoms with Crippen molar-refractivity contribution in [2.75, 3.05) is 5.32 Å². The number of carbonyl (C=O) groups excluding carboxylic acids is 1. The Labute approximate surface area is 205 Å². The molecule has 0 aliphatic heterocycles. The minimum absolute atomic E-state index is 0.00418. The van der Waals surface area contributed by atoms with Crippen LogP contribution in [0.2, 0.25) is 0 Å². The molecule has 1 atom stereocenters. The molecule has 2 amide bonds. The third-order valence-corrected chi connectivity index (χ3v) is 6.68. The monoisotopic (exact) mass is 495 g/mol. The minimum atomic E-state index is -3.88. The number of anilines is 1. The van der Waals surface area contributed by atoms with Crippen LogP contribution in [0.15, 0.2) is 82.8 Å². The molecule has 10 heteroatoms. The van der Waals surface area contributed by atoms with Gasteiger partial charge in [0, 0.05) is 29.4 Å². The number of rotatable bonds is 8. The molecule has 0 fully saturated rings. The Bertz CT molecular complexity index is 1320. The number of primary sulfonamides is 1. The molecule has 0 bridgehead atoms. The number of amides is 2. The molecule has 0 aliphatic rings. The lowest BCUT2D eigenvalue weighted by atomic mass is 10.1. The van der Waals surface area contributed by atoms with E-state index in [2.05, 4.69) is 10.5 Å². The second kappa shape index (κ2) is 11.0. The normalized spacial score (nSPS) is 12.7. The number of hydrogen-bond donors (Lipinski definition) is 4. The van der Waals surface area contributed by atoms with Gasteiger partial charge < -0.3 is 21.2 Å². The van der Waals surface area contributed by atoms with E-state index in [1.54, 1.807) is 65.6 Å². The fourth-order valence-corrected chi connectivity index (χ4v) is 4.37. The Hall–Kier alpha value is -3.89. The first kappa shape index (κ1) is 25.7. The molecule has 0 saturated heterocycles. The van der Waals surface area contributed by atoms with Gasteiger partial charge in [-0.25, -0.2) is 18.4 Å². The van der Waals surface area contributed by atoms with Crippen LogP contribution in [0, 0.1) is 0 Å². The average molecular weight is 496 g/mol. The molecule has 6 N–H and O–H groups in total. The first-order chi connectivity index (χ1) is 16.6. The van der Waals surface area contributed by atoms with Crippen LogP contribution in [0.25, 0.3) is 11.1 Å². The van der Waals surface area contributed by atoms with Gasteiger partial charge in [0.25, 0.3) is 0 Å². The summed E-state index contributed by atoms with van der Waals surface area (Å²) in [7, 11) is -3.88. The summed E-state index contributed by atoms with van der Waals surface area (Å²) in [4.78, 5) is 14.9. The van der Waals surface area contributed by atoms with Gasteiger partial charge in [-0.1, -0.05) is 60.6 Å². The largest absolute Gasteiger partial charge is 0.409 e. The Morgan fingerprint density at radius 1 is 1.09 bits per heavy atom. The van der Waals surface area contributed by atoms with Crippen LogP contribution in [-0.4, -0.2) is 36.4 Å². The molecular weight excluding hydrogens is 466 g/mol. The zero-order valence-corrected chi connectivity index (χ0v) is 20.4. The number of nitrogens with zero attached hydrogens (tertiary/aromatic N) is 2. The molecule has 184 valence electrons. The summed E-state index contributed by atoms with van der Waals surface area (Å²) in [6, 6.07) is 20.2. The van der Waals surface area contributed by atoms with Crippen molar-refractivity contribution in [3.8, 4) is 11.1 Å². The second-order valence-corrected chi connectivity index (χ2v) is 9.65. The molecule has 0 spiro atoms. The molecule has 0 radical (unpaired) electrons. The SMILES string of the molecule is CCC(C)N(Cc1cccc(C(N)=NO)c1)C(=O)Nc1ccc(-c2ccccc2S(N)(=O)=O)cc1. The van der Waals surface area contributed by atoms with Gasteiger partial charge in [-0.15, -0.1) is 0 Å². The van der Waals surface area contributed by atoms with Crippen LogP contribution in [0.5, 0.6) is 0 Å². The van der Waals surface area contributed by atoms with Gasteiger partial charge in [-0.3, -0.25) is 0 Å². The van der Waals surface area contributed by atoms with Gasteiger partial charge in [0.15, 0.2) is 5.84 Å². The van der Waals surface area contributed by atoms with Crippen molar-refractivity contribution < 1.29 is 18.4 Å². The van der Waals surface area contributed by atoms with Gasteiger partial charge in [-0.2, -0.15) is 0 Å². The van der Waals surface area contributed by atoms with E-state index in [-0.39, 0.29) is 22.8 Å². The topological polar surface area (TPSA) is 151 Å². The number of nitrogens with one attached hydrogen (secondary N) is 1. The highest BCUT2D eigenvalue weighted by Gasteiger charge is 2.20. The fourth-order valence-electron chi connectivity index (χ4n) is 3.61. The molecule has 35 heavy (non-hydrogen) atoms. The predicted octanol–water partition coefficient (Wildman–Crippen LogP) is 3.93. The lowest BCUT2D eigenvalue weighted by molar-refractivity contribution is 0.187. The summed E-state index contributed by atoms with van der Waals surface area (Å²) in [6.45, 7) is 4.28. The number of hydrogen-bond acceptors (Lipinski definition) is 5. The molecule has 0 saturated carbocycles. The molecule has 1 unspecified atom stereocenters. The Morgan fingerprint density at radius 3 is 2.40 bits per heavy atom. The Morgan fingerprint density at radius 2 is 1.77 bits per heavy atom. The van der Waals surface area contributed by atoms with Crippen molar-refractivity contribution in [2.45, 2.75) is 37.8 Å². The van der Waals surface area contributed by atoms with E-state index in [9.17, 15) is 13.2 Å². The van der Waals surface area contributed by atoms with E-state index in [0.29, 0.717) is 28.9 Å². The van der Waals surface area contributed by atoms with E-state index in [4.69, 9.17) is 16.1 Å². The highest BCUT2D eigenvalue weighted by Crippen LogP contribution is 2.27. The van der Waals surface area contributed by atoms with Crippen LogP contribution < -0.4 is 16.2 Å². The zero-order chi connectivity index (χ0) is 25.6. The van der Waals surface area contributed by atoms with Gasteiger partial charge in [-0.05, 0) is 48.7 Å². The highest BCUT2D eigenvalue weighted by atomic mass is 32.2. The number of nitrogens with two attached hydrogens (primary N) is 2. The molecule has 0 aliphatic carbocycles. The van der Waals surface area contributed by atoms with Crippen LogP contribution in [0.4, 0.5) is 10.5 Å². The number of urea groups is 1. The van der Waals surface area contributed by atoms with Gasteiger partial charge in [0.1, 0.15) is 0 Å². The quantitative estimate of drug-likeness (QED) is 0.162. The minimum Gasteiger partial charge on any atom is -0.409 e. The molecular formula is C25H29N5O4S. The summed E-state index contributed by atoms with van der Waals surface area (Å²) in [5.74, 6) is -0.00418. The first-order valence-electron chi connectivity index (χ1n) is 11.0. The van der Waals surface area contributed by atoms with E-state index in [1.165, 1.54) is 6.07 Å². The maximum atomic E-state index is 13.2. The predicted molar refractivity (Wildman–Crippen MR) is 137 cm³/mol. The van der Waals surface area contributed by atoms with Gasteiger partial charge >= 0.3 is 6.03 Å². The number of oxime groups is 1. The van der Waals surface area contributed by atoms with Crippen molar-refractivity contribution in [2.24, 2.45) is 16.0 Å². The van der Waals surface area contributed by atoms with E-state index in [0.717, 1.165) is 12.0 Å². The lowest BCUT2D eigenvalue weighted by Crippen LogP contribution is -2.40. The van der Waals surface area contributed by atoms with Crippen molar-refractivity contribution in [3.05, 3.63) is 83.9 Å². The standard InChI is InChI=1S/C25H29N5O4S/c1-3-17(2)30(16-18-7-6-8-20(15-18)24(26)29-32)25(31)28-21-13-11-19(12-14-21)22-9-4-5-10-23(22)35(27,33)34/h4-15,17,32H,3,16H2,1-2H3,(H2,26,29)(H,28,31)(H2,27,33,34). The third kappa shape index (κ3) is 6.37. The zero-order valence-electron chi connectivity index (χ0n) is 19.5.